The molecule has 1 saturated heterocycles. The Morgan fingerprint density at radius 3 is 2.35 bits per heavy atom. The third-order valence-electron chi connectivity index (χ3n) is 3.27. The maximum absolute atomic E-state index is 11.9. The van der Waals surface area contributed by atoms with Gasteiger partial charge in [0.05, 0.1) is 6.21 Å². The molecule has 2 rings (SSSR count). The summed E-state index contributed by atoms with van der Waals surface area (Å²) in [5, 5.41) is 3.81. The van der Waals surface area contributed by atoms with Crippen molar-refractivity contribution in [2.24, 2.45) is 5.10 Å². The van der Waals surface area contributed by atoms with Gasteiger partial charge in [-0.05, 0) is 18.4 Å². The molecule has 1 heterocycles. The molecule has 5 nitrogen and oxygen atoms in total. The van der Waals surface area contributed by atoms with Crippen LogP contribution in [0.4, 0.5) is 0 Å². The smallest absolute Gasteiger partial charge is 0.329 e. The van der Waals surface area contributed by atoms with Crippen LogP contribution in [-0.4, -0.2) is 36.0 Å². The van der Waals surface area contributed by atoms with Gasteiger partial charge < -0.3 is 4.90 Å². The van der Waals surface area contributed by atoms with Crippen molar-refractivity contribution in [2.45, 2.75) is 25.7 Å². The van der Waals surface area contributed by atoms with E-state index in [-0.39, 0.29) is 0 Å². The van der Waals surface area contributed by atoms with E-state index in [4.69, 9.17) is 0 Å². The standard InChI is InChI=1S/C15H19N3O2/c19-14(15(20)18-10-6-1-2-7-11-18)17-16-12-13-8-4-3-5-9-13/h3-5,8-9,12H,1-2,6-7,10-11H2,(H,17,19)/b16-12-. The van der Waals surface area contributed by atoms with E-state index in [0.717, 1.165) is 31.2 Å². The maximum Gasteiger partial charge on any atom is 0.329 e. The van der Waals surface area contributed by atoms with Gasteiger partial charge in [-0.1, -0.05) is 43.2 Å². The summed E-state index contributed by atoms with van der Waals surface area (Å²) < 4.78 is 0. The summed E-state index contributed by atoms with van der Waals surface area (Å²) in [5.74, 6) is -1.16. The molecule has 2 amide bonds. The third kappa shape index (κ3) is 4.19. The molecule has 0 bridgehead atoms. The van der Waals surface area contributed by atoms with Crippen LogP contribution in [0.15, 0.2) is 35.4 Å². The van der Waals surface area contributed by atoms with Crippen LogP contribution < -0.4 is 5.43 Å². The summed E-state index contributed by atoms with van der Waals surface area (Å²) in [5.41, 5.74) is 3.16. The summed E-state index contributed by atoms with van der Waals surface area (Å²) in [6.07, 6.45) is 5.70. The molecule has 20 heavy (non-hydrogen) atoms. The van der Waals surface area contributed by atoms with E-state index < -0.39 is 11.8 Å². The Balaban J connectivity index is 1.84. The number of carbonyl (C=O) groups excluding carboxylic acids is 2. The molecule has 1 aliphatic heterocycles. The second-order valence-electron chi connectivity index (χ2n) is 4.82. The topological polar surface area (TPSA) is 61.8 Å². The summed E-state index contributed by atoms with van der Waals surface area (Å²) in [6.45, 7) is 1.32. The zero-order valence-electron chi connectivity index (χ0n) is 11.4. The minimum Gasteiger partial charge on any atom is -0.334 e. The maximum atomic E-state index is 11.9. The van der Waals surface area contributed by atoms with E-state index in [2.05, 4.69) is 10.5 Å². The zero-order valence-corrected chi connectivity index (χ0v) is 11.4. The molecule has 1 aliphatic rings. The van der Waals surface area contributed by atoms with Crippen LogP contribution in [0.3, 0.4) is 0 Å². The van der Waals surface area contributed by atoms with Crippen molar-refractivity contribution >= 4 is 18.0 Å². The van der Waals surface area contributed by atoms with E-state index in [1.807, 2.05) is 30.3 Å². The van der Waals surface area contributed by atoms with Crippen LogP contribution in [-0.2, 0) is 9.59 Å². The highest BCUT2D eigenvalue weighted by atomic mass is 16.2. The lowest BCUT2D eigenvalue weighted by Gasteiger charge is -2.18. The number of carbonyl (C=O) groups is 2. The van der Waals surface area contributed by atoms with Crippen LogP contribution in [0.5, 0.6) is 0 Å². The van der Waals surface area contributed by atoms with Gasteiger partial charge in [-0.15, -0.1) is 0 Å². The number of likely N-dealkylation sites (tertiary alicyclic amines) is 1. The lowest BCUT2D eigenvalue weighted by molar-refractivity contribution is -0.145. The fourth-order valence-electron chi connectivity index (χ4n) is 2.17. The molecule has 106 valence electrons. The van der Waals surface area contributed by atoms with Gasteiger partial charge in [0.15, 0.2) is 0 Å². The Labute approximate surface area is 118 Å². The first-order valence-corrected chi connectivity index (χ1v) is 6.95. The minimum atomic E-state index is -0.668. The fourth-order valence-corrected chi connectivity index (χ4v) is 2.17. The molecule has 0 unspecified atom stereocenters. The lowest BCUT2D eigenvalue weighted by Crippen LogP contribution is -2.41. The number of hydrazone groups is 1. The molecule has 1 aromatic rings. The van der Waals surface area contributed by atoms with Crippen molar-refractivity contribution in [1.82, 2.24) is 10.3 Å². The predicted octanol–water partition coefficient (Wildman–Crippen LogP) is 1.54. The van der Waals surface area contributed by atoms with Gasteiger partial charge in [0.2, 0.25) is 0 Å². The van der Waals surface area contributed by atoms with Crippen LogP contribution in [0.1, 0.15) is 31.2 Å². The molecule has 0 atom stereocenters. The van der Waals surface area contributed by atoms with Crippen molar-refractivity contribution in [1.29, 1.82) is 0 Å². The fraction of sp³-hybridized carbons (Fsp3) is 0.400. The van der Waals surface area contributed by atoms with Gasteiger partial charge in [0, 0.05) is 13.1 Å². The molecule has 0 spiro atoms. The number of nitrogens with one attached hydrogen (secondary N) is 1. The van der Waals surface area contributed by atoms with E-state index >= 15 is 0 Å². The largest absolute Gasteiger partial charge is 0.334 e. The van der Waals surface area contributed by atoms with Gasteiger partial charge in [-0.25, -0.2) is 5.43 Å². The molecular formula is C15H19N3O2. The second-order valence-corrected chi connectivity index (χ2v) is 4.82. The van der Waals surface area contributed by atoms with E-state index in [1.165, 1.54) is 6.21 Å². The van der Waals surface area contributed by atoms with E-state index in [1.54, 1.807) is 4.90 Å². The highest BCUT2D eigenvalue weighted by Gasteiger charge is 2.21. The molecule has 5 heteroatoms. The number of benzene rings is 1. The first-order valence-electron chi connectivity index (χ1n) is 6.95. The highest BCUT2D eigenvalue weighted by molar-refractivity contribution is 6.35. The van der Waals surface area contributed by atoms with E-state index in [9.17, 15) is 9.59 Å². The van der Waals surface area contributed by atoms with Crippen molar-refractivity contribution in [3.63, 3.8) is 0 Å². The van der Waals surface area contributed by atoms with Gasteiger partial charge >= 0.3 is 11.8 Å². The van der Waals surface area contributed by atoms with Crippen LogP contribution in [0.25, 0.3) is 0 Å². The molecule has 1 fully saturated rings. The second kappa shape index (κ2) is 7.43. The third-order valence-corrected chi connectivity index (χ3v) is 3.27. The van der Waals surface area contributed by atoms with Crippen LogP contribution >= 0.6 is 0 Å². The number of nitrogens with zero attached hydrogens (tertiary/aromatic N) is 2. The molecule has 0 aromatic heterocycles. The zero-order chi connectivity index (χ0) is 14.2. The Hall–Kier alpha value is -2.17. The number of rotatable bonds is 2. The molecular weight excluding hydrogens is 254 g/mol. The lowest BCUT2D eigenvalue weighted by atomic mass is 10.2. The normalized spacial score (nSPS) is 15.9. The molecule has 1 aromatic carbocycles. The molecule has 0 radical (unpaired) electrons. The Kier molecular flexibility index (Phi) is 5.29. The molecule has 1 N–H and O–H groups in total. The van der Waals surface area contributed by atoms with Gasteiger partial charge in [-0.3, -0.25) is 9.59 Å². The molecule has 0 saturated carbocycles. The van der Waals surface area contributed by atoms with Crippen molar-refractivity contribution in [2.75, 3.05) is 13.1 Å². The number of hydrogen-bond donors (Lipinski definition) is 1. The number of amides is 2. The van der Waals surface area contributed by atoms with Gasteiger partial charge in [-0.2, -0.15) is 5.10 Å². The summed E-state index contributed by atoms with van der Waals surface area (Å²) in [4.78, 5) is 25.3. The van der Waals surface area contributed by atoms with Crippen LogP contribution in [0, 0.1) is 0 Å². The average Bonchev–Trinajstić information content (AvgIpc) is 2.76. The highest BCUT2D eigenvalue weighted by Crippen LogP contribution is 2.09. The van der Waals surface area contributed by atoms with Gasteiger partial charge in [0.25, 0.3) is 0 Å². The predicted molar refractivity (Wildman–Crippen MR) is 77.2 cm³/mol. The monoisotopic (exact) mass is 273 g/mol. The van der Waals surface area contributed by atoms with Crippen molar-refractivity contribution in [3.8, 4) is 0 Å². The summed E-state index contributed by atoms with van der Waals surface area (Å²) in [7, 11) is 0. The number of hydrogen-bond acceptors (Lipinski definition) is 3. The Bertz CT molecular complexity index is 477. The van der Waals surface area contributed by atoms with Crippen molar-refractivity contribution in [3.05, 3.63) is 35.9 Å². The molecule has 0 aliphatic carbocycles. The first kappa shape index (κ1) is 14.2. The quantitative estimate of drug-likeness (QED) is 0.505. The van der Waals surface area contributed by atoms with E-state index in [0.29, 0.717) is 13.1 Å². The Morgan fingerprint density at radius 1 is 1.05 bits per heavy atom. The summed E-state index contributed by atoms with van der Waals surface area (Å²) >= 11 is 0. The average molecular weight is 273 g/mol. The first-order chi connectivity index (χ1) is 9.77. The minimum absolute atomic E-state index is 0.489. The Morgan fingerprint density at radius 2 is 1.70 bits per heavy atom. The summed E-state index contributed by atoms with van der Waals surface area (Å²) in [6, 6.07) is 9.40. The van der Waals surface area contributed by atoms with Gasteiger partial charge in [0.1, 0.15) is 0 Å². The van der Waals surface area contributed by atoms with Crippen molar-refractivity contribution < 1.29 is 9.59 Å². The van der Waals surface area contributed by atoms with Crippen LogP contribution in [0.2, 0.25) is 0 Å². The SMILES string of the molecule is O=C(N/N=C\c1ccccc1)C(=O)N1CCCCCC1.